The Kier molecular flexibility index (Phi) is 12.0. The zero-order chi connectivity index (χ0) is 15.4. The zero-order valence-electron chi connectivity index (χ0n) is 12.5. The van der Waals surface area contributed by atoms with Gasteiger partial charge in [0.05, 0.1) is 0 Å². The molecule has 0 aliphatic heterocycles. The number of unbranched alkanes of at least 4 members (excludes halogenated alkanes) is 3. The molecule has 0 unspecified atom stereocenters. The van der Waals surface area contributed by atoms with Crippen molar-refractivity contribution in [3.8, 4) is 0 Å². The van der Waals surface area contributed by atoms with Gasteiger partial charge in [-0.3, -0.25) is 9.59 Å². The van der Waals surface area contributed by atoms with E-state index in [2.05, 4.69) is 0 Å². The van der Waals surface area contributed by atoms with Gasteiger partial charge in [-0.15, -0.1) is 23.2 Å². The Morgan fingerprint density at radius 3 is 1.35 bits per heavy atom. The second kappa shape index (κ2) is 12.3. The summed E-state index contributed by atoms with van der Waals surface area (Å²) in [6.07, 6.45) is 4.06. The van der Waals surface area contributed by atoms with Crippen molar-refractivity contribution in [1.82, 2.24) is 9.80 Å². The zero-order valence-corrected chi connectivity index (χ0v) is 14.0. The van der Waals surface area contributed by atoms with Crippen LogP contribution in [0.2, 0.25) is 0 Å². The minimum absolute atomic E-state index is 0.000894. The maximum Gasteiger partial charge on any atom is 0.237 e. The summed E-state index contributed by atoms with van der Waals surface area (Å²) in [6, 6.07) is 0. The summed E-state index contributed by atoms with van der Waals surface area (Å²) < 4.78 is 0. The summed E-state index contributed by atoms with van der Waals surface area (Å²) in [5.41, 5.74) is 0. The molecule has 2 amide bonds. The maximum absolute atomic E-state index is 11.4. The highest BCUT2D eigenvalue weighted by Crippen LogP contribution is 2.05. The van der Waals surface area contributed by atoms with Crippen LogP contribution < -0.4 is 0 Å². The Morgan fingerprint density at radius 1 is 0.750 bits per heavy atom. The van der Waals surface area contributed by atoms with Gasteiger partial charge in [-0.05, 0) is 26.7 Å². The van der Waals surface area contributed by atoms with E-state index >= 15 is 0 Å². The van der Waals surface area contributed by atoms with Gasteiger partial charge < -0.3 is 9.80 Å². The summed E-state index contributed by atoms with van der Waals surface area (Å²) in [5.74, 6) is 0.109. The summed E-state index contributed by atoms with van der Waals surface area (Å²) in [6.45, 7) is 6.86. The molecule has 0 rings (SSSR count). The van der Waals surface area contributed by atoms with Crippen molar-refractivity contribution in [2.75, 3.05) is 37.9 Å². The minimum atomic E-state index is -0.000894. The first-order valence-corrected chi connectivity index (χ1v) is 8.35. The van der Waals surface area contributed by atoms with Crippen molar-refractivity contribution in [3.63, 3.8) is 0 Å². The maximum atomic E-state index is 11.4. The van der Waals surface area contributed by atoms with Crippen LogP contribution in [0.5, 0.6) is 0 Å². The number of hydrogen-bond acceptors (Lipinski definition) is 2. The van der Waals surface area contributed by atoms with Crippen molar-refractivity contribution >= 4 is 35.0 Å². The highest BCUT2D eigenvalue weighted by atomic mass is 35.5. The van der Waals surface area contributed by atoms with E-state index in [1.165, 1.54) is 0 Å². The summed E-state index contributed by atoms with van der Waals surface area (Å²) in [4.78, 5) is 26.4. The fraction of sp³-hybridized carbons (Fsp3) is 0.857. The van der Waals surface area contributed by atoms with E-state index in [1.807, 2.05) is 13.8 Å². The molecule has 0 N–H and O–H groups in total. The topological polar surface area (TPSA) is 40.6 Å². The molecule has 0 aliphatic rings. The molecular weight excluding hydrogens is 299 g/mol. The van der Waals surface area contributed by atoms with Gasteiger partial charge in [-0.1, -0.05) is 12.8 Å². The fourth-order valence-electron chi connectivity index (χ4n) is 2.05. The van der Waals surface area contributed by atoms with Crippen LogP contribution in [0.25, 0.3) is 0 Å². The lowest BCUT2D eigenvalue weighted by molar-refractivity contribution is -0.129. The van der Waals surface area contributed by atoms with Crippen LogP contribution in [0.1, 0.15) is 39.5 Å². The number of hydrogen-bond donors (Lipinski definition) is 0. The number of alkyl halides is 2. The van der Waals surface area contributed by atoms with Gasteiger partial charge in [0, 0.05) is 26.2 Å². The molecule has 0 bridgehead atoms. The van der Waals surface area contributed by atoms with Gasteiger partial charge in [0.25, 0.3) is 0 Å². The first kappa shape index (κ1) is 19.5. The molecule has 0 spiro atoms. The highest BCUT2D eigenvalue weighted by molar-refractivity contribution is 6.27. The van der Waals surface area contributed by atoms with Crippen molar-refractivity contribution in [2.45, 2.75) is 39.5 Å². The number of nitrogens with zero attached hydrogens (tertiary/aromatic N) is 2. The Labute approximate surface area is 132 Å². The number of amides is 2. The Hall–Kier alpha value is -0.480. The third-order valence-electron chi connectivity index (χ3n) is 3.30. The standard InChI is InChI=1S/C14H26Cl2N2O2/c1-3-17(13(19)11-15)9-7-5-6-8-10-18(4-2)14(20)12-16/h3-12H2,1-2H3. The van der Waals surface area contributed by atoms with E-state index in [4.69, 9.17) is 23.2 Å². The van der Waals surface area contributed by atoms with Gasteiger partial charge in [-0.25, -0.2) is 0 Å². The molecule has 0 heterocycles. The van der Waals surface area contributed by atoms with E-state index in [0.717, 1.165) is 38.8 Å². The average Bonchev–Trinajstić information content (AvgIpc) is 2.48. The molecule has 20 heavy (non-hydrogen) atoms. The Bertz CT molecular complexity index is 260. The molecule has 4 nitrogen and oxygen atoms in total. The largest absolute Gasteiger partial charge is 0.342 e. The van der Waals surface area contributed by atoms with Crippen LogP contribution in [0.4, 0.5) is 0 Å². The molecule has 0 aromatic heterocycles. The SMILES string of the molecule is CCN(CCCCCCN(CC)C(=O)CCl)C(=O)CCl. The van der Waals surface area contributed by atoms with Crippen molar-refractivity contribution < 1.29 is 9.59 Å². The van der Waals surface area contributed by atoms with E-state index in [0.29, 0.717) is 13.1 Å². The lowest BCUT2D eigenvalue weighted by atomic mass is 10.1. The van der Waals surface area contributed by atoms with Crippen LogP contribution in [-0.2, 0) is 9.59 Å². The smallest absolute Gasteiger partial charge is 0.237 e. The molecule has 118 valence electrons. The summed E-state index contributed by atoms with van der Waals surface area (Å²) >= 11 is 11.1. The third-order valence-corrected chi connectivity index (χ3v) is 3.76. The van der Waals surface area contributed by atoms with E-state index in [1.54, 1.807) is 9.80 Å². The van der Waals surface area contributed by atoms with Crippen LogP contribution in [0.3, 0.4) is 0 Å². The van der Waals surface area contributed by atoms with Crippen molar-refractivity contribution in [3.05, 3.63) is 0 Å². The molecule has 0 radical (unpaired) electrons. The molecule has 0 aromatic rings. The normalized spacial score (nSPS) is 10.4. The van der Waals surface area contributed by atoms with E-state index < -0.39 is 0 Å². The average molecular weight is 325 g/mol. The Morgan fingerprint density at radius 2 is 1.10 bits per heavy atom. The van der Waals surface area contributed by atoms with E-state index in [-0.39, 0.29) is 23.6 Å². The molecule has 0 aromatic carbocycles. The molecule has 0 saturated heterocycles. The van der Waals surface area contributed by atoms with Crippen LogP contribution in [0.15, 0.2) is 0 Å². The molecule has 6 heteroatoms. The number of rotatable bonds is 11. The monoisotopic (exact) mass is 324 g/mol. The molecule has 0 fully saturated rings. The predicted molar refractivity (Wildman–Crippen MR) is 84.4 cm³/mol. The molecule has 0 aliphatic carbocycles. The van der Waals surface area contributed by atoms with Crippen molar-refractivity contribution in [2.24, 2.45) is 0 Å². The third kappa shape index (κ3) is 7.95. The van der Waals surface area contributed by atoms with Crippen LogP contribution in [0, 0.1) is 0 Å². The predicted octanol–water partition coefficient (Wildman–Crippen LogP) is 2.72. The fourth-order valence-corrected chi connectivity index (χ4v) is 2.38. The van der Waals surface area contributed by atoms with Crippen LogP contribution >= 0.6 is 23.2 Å². The molecule has 0 saturated carbocycles. The quantitative estimate of drug-likeness (QED) is 0.433. The van der Waals surface area contributed by atoms with Gasteiger partial charge in [0.1, 0.15) is 11.8 Å². The van der Waals surface area contributed by atoms with Gasteiger partial charge in [0.15, 0.2) is 0 Å². The van der Waals surface area contributed by atoms with Crippen LogP contribution in [-0.4, -0.2) is 59.6 Å². The second-order valence-electron chi connectivity index (χ2n) is 4.63. The first-order chi connectivity index (χ1) is 9.60. The lowest BCUT2D eigenvalue weighted by Crippen LogP contribution is -2.33. The molecular formula is C14H26Cl2N2O2. The summed E-state index contributed by atoms with van der Waals surface area (Å²) in [5, 5.41) is 0. The number of carbonyl (C=O) groups is 2. The lowest BCUT2D eigenvalue weighted by Gasteiger charge is -2.20. The molecule has 0 atom stereocenters. The van der Waals surface area contributed by atoms with Gasteiger partial charge >= 0.3 is 0 Å². The first-order valence-electron chi connectivity index (χ1n) is 7.28. The van der Waals surface area contributed by atoms with Gasteiger partial charge in [0.2, 0.25) is 11.8 Å². The number of halogens is 2. The second-order valence-corrected chi connectivity index (χ2v) is 5.16. The van der Waals surface area contributed by atoms with E-state index in [9.17, 15) is 9.59 Å². The number of carbonyl (C=O) groups excluding carboxylic acids is 2. The van der Waals surface area contributed by atoms with Gasteiger partial charge in [-0.2, -0.15) is 0 Å². The summed E-state index contributed by atoms with van der Waals surface area (Å²) in [7, 11) is 0. The Balaban J connectivity index is 3.71. The van der Waals surface area contributed by atoms with Crippen molar-refractivity contribution in [1.29, 1.82) is 0 Å². The minimum Gasteiger partial charge on any atom is -0.342 e. The highest BCUT2D eigenvalue weighted by Gasteiger charge is 2.10.